The van der Waals surface area contributed by atoms with E-state index in [-0.39, 0.29) is 5.82 Å². The number of aromatic amines is 1. The average molecular weight is 281 g/mol. The normalized spacial score (nSPS) is 11.2. The zero-order valence-electron chi connectivity index (χ0n) is 12.0. The van der Waals surface area contributed by atoms with E-state index in [4.69, 9.17) is 0 Å². The number of carbonyl (C=O) groups is 1. The minimum atomic E-state index is -0.314. The second kappa shape index (κ2) is 5.17. The van der Waals surface area contributed by atoms with Crippen LogP contribution < -0.4 is 0 Å². The lowest BCUT2D eigenvalue weighted by molar-refractivity contribution is 0.112. The first kappa shape index (κ1) is 13.6. The van der Waals surface area contributed by atoms with Crippen LogP contribution in [0.2, 0.25) is 0 Å². The fourth-order valence-corrected chi connectivity index (χ4v) is 2.58. The molecule has 0 spiro atoms. The van der Waals surface area contributed by atoms with Crippen molar-refractivity contribution in [2.24, 2.45) is 0 Å². The molecule has 0 aliphatic carbocycles. The van der Waals surface area contributed by atoms with Gasteiger partial charge in [0.1, 0.15) is 5.82 Å². The summed E-state index contributed by atoms with van der Waals surface area (Å²) in [5.74, 6) is 0.0762. The highest BCUT2D eigenvalue weighted by molar-refractivity contribution is 6.04. The van der Waals surface area contributed by atoms with Gasteiger partial charge in [-0.25, -0.2) is 4.39 Å². The van der Waals surface area contributed by atoms with Gasteiger partial charge in [0.05, 0.1) is 5.69 Å². The maximum Gasteiger partial charge on any atom is 0.152 e. The minimum absolute atomic E-state index is 0.314. The first-order valence-corrected chi connectivity index (χ1v) is 6.97. The highest BCUT2D eigenvalue weighted by atomic mass is 19.1. The Morgan fingerprint density at radius 2 is 1.95 bits per heavy atom. The lowest BCUT2D eigenvalue weighted by Gasteiger charge is -2.04. The van der Waals surface area contributed by atoms with E-state index in [1.165, 1.54) is 17.7 Å². The van der Waals surface area contributed by atoms with E-state index in [2.05, 4.69) is 18.8 Å². The Morgan fingerprint density at radius 1 is 1.14 bits per heavy atom. The van der Waals surface area contributed by atoms with Gasteiger partial charge in [0.15, 0.2) is 6.29 Å². The Labute approximate surface area is 122 Å². The number of benzene rings is 2. The molecule has 1 heterocycles. The fourth-order valence-electron chi connectivity index (χ4n) is 2.58. The molecule has 21 heavy (non-hydrogen) atoms. The average Bonchev–Trinajstić information content (AvgIpc) is 2.84. The van der Waals surface area contributed by atoms with Gasteiger partial charge in [-0.2, -0.15) is 0 Å². The molecule has 0 unspecified atom stereocenters. The SMILES string of the molecule is CC(C)c1ccc2[nH]c(-c3cccc(F)c3)c(C=O)c2c1. The second-order valence-corrected chi connectivity index (χ2v) is 5.50. The standard InChI is InChI=1S/C18H16FNO/c1-11(2)12-6-7-17-15(9-12)16(10-21)18(20-17)13-4-3-5-14(19)8-13/h3-11,20H,1-2H3. The molecule has 2 nitrogen and oxygen atoms in total. The fraction of sp³-hybridized carbons (Fsp3) is 0.167. The zero-order valence-corrected chi connectivity index (χ0v) is 12.0. The number of carbonyl (C=O) groups excluding carboxylic acids is 1. The van der Waals surface area contributed by atoms with Gasteiger partial charge in [0.2, 0.25) is 0 Å². The van der Waals surface area contributed by atoms with Crippen LogP contribution in [0.4, 0.5) is 4.39 Å². The summed E-state index contributed by atoms with van der Waals surface area (Å²) in [6.07, 6.45) is 0.836. The number of aldehydes is 1. The van der Waals surface area contributed by atoms with Crippen molar-refractivity contribution >= 4 is 17.2 Å². The monoisotopic (exact) mass is 281 g/mol. The molecule has 0 bridgehead atoms. The van der Waals surface area contributed by atoms with Gasteiger partial charge in [-0.3, -0.25) is 4.79 Å². The van der Waals surface area contributed by atoms with Crippen molar-refractivity contribution in [2.75, 3.05) is 0 Å². The summed E-state index contributed by atoms with van der Waals surface area (Å²) in [6.45, 7) is 4.23. The number of fused-ring (bicyclic) bond motifs is 1. The number of H-pyrrole nitrogens is 1. The van der Waals surface area contributed by atoms with Crippen LogP contribution in [-0.2, 0) is 0 Å². The lowest BCUT2D eigenvalue weighted by Crippen LogP contribution is -1.87. The second-order valence-electron chi connectivity index (χ2n) is 5.50. The largest absolute Gasteiger partial charge is 0.354 e. The molecule has 1 N–H and O–H groups in total. The molecule has 106 valence electrons. The molecule has 0 saturated heterocycles. The number of halogens is 1. The van der Waals surface area contributed by atoms with Crippen LogP contribution in [-0.4, -0.2) is 11.3 Å². The molecule has 0 saturated carbocycles. The highest BCUT2D eigenvalue weighted by Gasteiger charge is 2.14. The number of rotatable bonds is 3. The predicted octanol–water partition coefficient (Wildman–Crippen LogP) is 4.91. The molecule has 1 aromatic heterocycles. The summed E-state index contributed by atoms with van der Waals surface area (Å²) in [4.78, 5) is 14.8. The van der Waals surface area contributed by atoms with E-state index in [0.29, 0.717) is 22.7 Å². The summed E-state index contributed by atoms with van der Waals surface area (Å²) in [6, 6.07) is 12.3. The lowest BCUT2D eigenvalue weighted by atomic mass is 9.99. The topological polar surface area (TPSA) is 32.9 Å². The van der Waals surface area contributed by atoms with Gasteiger partial charge < -0.3 is 4.98 Å². The number of nitrogens with one attached hydrogen (secondary N) is 1. The molecule has 0 aliphatic rings. The Balaban J connectivity index is 2.26. The van der Waals surface area contributed by atoms with Crippen molar-refractivity contribution in [1.29, 1.82) is 0 Å². The molecule has 0 amide bonds. The van der Waals surface area contributed by atoms with Crippen LogP contribution in [0.25, 0.3) is 22.2 Å². The van der Waals surface area contributed by atoms with Crippen molar-refractivity contribution in [1.82, 2.24) is 4.98 Å². The van der Waals surface area contributed by atoms with Crippen LogP contribution in [0.3, 0.4) is 0 Å². The molecule has 0 atom stereocenters. The summed E-state index contributed by atoms with van der Waals surface area (Å²) < 4.78 is 13.4. The Bertz CT molecular complexity index is 817. The molecule has 3 rings (SSSR count). The smallest absolute Gasteiger partial charge is 0.152 e. The molecular formula is C18H16FNO. The van der Waals surface area contributed by atoms with E-state index in [1.54, 1.807) is 12.1 Å². The molecule has 0 aliphatic heterocycles. The van der Waals surface area contributed by atoms with Crippen molar-refractivity contribution < 1.29 is 9.18 Å². The highest BCUT2D eigenvalue weighted by Crippen LogP contribution is 2.31. The van der Waals surface area contributed by atoms with Gasteiger partial charge in [-0.15, -0.1) is 0 Å². The summed E-state index contributed by atoms with van der Waals surface area (Å²) >= 11 is 0. The Hall–Kier alpha value is -2.42. The molecule has 0 fully saturated rings. The third-order valence-corrected chi connectivity index (χ3v) is 3.76. The maximum absolute atomic E-state index is 13.4. The van der Waals surface area contributed by atoms with Crippen LogP contribution in [0.5, 0.6) is 0 Å². The number of aromatic nitrogens is 1. The van der Waals surface area contributed by atoms with E-state index >= 15 is 0 Å². The summed E-state index contributed by atoms with van der Waals surface area (Å²) in [5.41, 5.74) is 3.99. The van der Waals surface area contributed by atoms with Crippen molar-refractivity contribution in [2.45, 2.75) is 19.8 Å². The van der Waals surface area contributed by atoms with Gasteiger partial charge in [0.25, 0.3) is 0 Å². The van der Waals surface area contributed by atoms with Crippen molar-refractivity contribution in [3.8, 4) is 11.3 Å². The van der Waals surface area contributed by atoms with Crippen LogP contribution in [0.15, 0.2) is 42.5 Å². The Morgan fingerprint density at radius 3 is 2.62 bits per heavy atom. The first-order valence-electron chi connectivity index (χ1n) is 6.97. The van der Waals surface area contributed by atoms with Crippen LogP contribution >= 0.6 is 0 Å². The summed E-state index contributed by atoms with van der Waals surface area (Å²) in [7, 11) is 0. The molecule has 0 radical (unpaired) electrons. The summed E-state index contributed by atoms with van der Waals surface area (Å²) in [5, 5.41) is 0.885. The zero-order chi connectivity index (χ0) is 15.0. The predicted molar refractivity (Wildman–Crippen MR) is 83.2 cm³/mol. The van der Waals surface area contributed by atoms with E-state index in [1.807, 2.05) is 18.2 Å². The minimum Gasteiger partial charge on any atom is -0.354 e. The molecule has 3 aromatic rings. The Kier molecular flexibility index (Phi) is 3.34. The van der Waals surface area contributed by atoms with Crippen molar-refractivity contribution in [3.05, 3.63) is 59.4 Å². The third kappa shape index (κ3) is 2.35. The van der Waals surface area contributed by atoms with E-state index in [0.717, 1.165) is 17.2 Å². The van der Waals surface area contributed by atoms with Crippen molar-refractivity contribution in [3.63, 3.8) is 0 Å². The van der Waals surface area contributed by atoms with Crippen LogP contribution in [0, 0.1) is 5.82 Å². The maximum atomic E-state index is 13.4. The third-order valence-electron chi connectivity index (χ3n) is 3.76. The number of hydrogen-bond donors (Lipinski definition) is 1. The van der Waals surface area contributed by atoms with Gasteiger partial charge in [-0.1, -0.05) is 32.0 Å². The molecular weight excluding hydrogens is 265 g/mol. The molecule has 2 aromatic carbocycles. The van der Waals surface area contributed by atoms with E-state index < -0.39 is 0 Å². The van der Waals surface area contributed by atoms with Gasteiger partial charge in [-0.05, 0) is 35.7 Å². The number of hydrogen-bond acceptors (Lipinski definition) is 1. The van der Waals surface area contributed by atoms with Gasteiger partial charge in [0, 0.05) is 22.0 Å². The molecule has 3 heteroatoms. The van der Waals surface area contributed by atoms with Crippen LogP contribution in [0.1, 0.15) is 35.7 Å². The van der Waals surface area contributed by atoms with E-state index in [9.17, 15) is 9.18 Å². The quantitative estimate of drug-likeness (QED) is 0.680. The first-order chi connectivity index (χ1) is 10.1. The van der Waals surface area contributed by atoms with Gasteiger partial charge >= 0.3 is 0 Å².